The van der Waals surface area contributed by atoms with Gasteiger partial charge in [0.2, 0.25) is 0 Å². The fraction of sp³-hybridized carbons (Fsp3) is 0.259. The summed E-state index contributed by atoms with van der Waals surface area (Å²) < 4.78 is 7.67. The molecule has 0 spiro atoms. The third-order valence-corrected chi connectivity index (χ3v) is 6.24. The van der Waals surface area contributed by atoms with Crippen LogP contribution in [0.15, 0.2) is 67.0 Å². The maximum Gasteiger partial charge on any atom is 0.323 e. The molecule has 11 heteroatoms. The molecule has 0 aliphatic carbocycles. The van der Waals surface area contributed by atoms with Crippen LogP contribution < -0.4 is 26.0 Å². The van der Waals surface area contributed by atoms with Gasteiger partial charge in [0, 0.05) is 75.3 Å². The van der Waals surface area contributed by atoms with E-state index in [9.17, 15) is 9.59 Å². The Morgan fingerprint density at radius 3 is 2.55 bits per heavy atom. The number of nitrogens with zero attached hydrogens (tertiary/aromatic N) is 4. The number of fused-ring (bicyclic) bond motifs is 1. The Morgan fingerprint density at radius 2 is 1.74 bits per heavy atom. The van der Waals surface area contributed by atoms with Crippen molar-refractivity contribution in [1.82, 2.24) is 30.3 Å². The van der Waals surface area contributed by atoms with Gasteiger partial charge in [0.15, 0.2) is 0 Å². The Hall–Kier alpha value is -4.48. The molecule has 1 fully saturated rings. The molecule has 2 aromatic carbocycles. The van der Waals surface area contributed by atoms with Crippen LogP contribution in [0, 0.1) is 0 Å². The number of rotatable bonds is 8. The van der Waals surface area contributed by atoms with E-state index in [1.807, 2.05) is 25.2 Å². The SMILES string of the molecule is Cn1ncc2cc(NC(=O)Nc3ccc(Oc4ccnc(C(=O)NCCN5CCNCC5)c4)cc3)ccc21. The summed E-state index contributed by atoms with van der Waals surface area (Å²) in [4.78, 5) is 31.4. The van der Waals surface area contributed by atoms with Gasteiger partial charge in [0.25, 0.3) is 5.91 Å². The molecule has 4 aromatic rings. The van der Waals surface area contributed by atoms with Crippen LogP contribution in [-0.2, 0) is 7.05 Å². The van der Waals surface area contributed by atoms with E-state index in [2.05, 4.69) is 36.2 Å². The number of aromatic nitrogens is 3. The van der Waals surface area contributed by atoms with E-state index in [1.54, 1.807) is 53.5 Å². The number of pyridine rings is 1. The molecule has 0 saturated carbocycles. The van der Waals surface area contributed by atoms with Gasteiger partial charge in [-0.25, -0.2) is 4.79 Å². The number of amides is 3. The van der Waals surface area contributed by atoms with Gasteiger partial charge in [0.05, 0.1) is 11.7 Å². The van der Waals surface area contributed by atoms with Gasteiger partial charge in [-0.1, -0.05) is 0 Å². The maximum atomic E-state index is 12.5. The fourth-order valence-electron chi connectivity index (χ4n) is 4.23. The predicted molar refractivity (Wildman–Crippen MR) is 146 cm³/mol. The number of benzene rings is 2. The lowest BCUT2D eigenvalue weighted by Crippen LogP contribution is -2.46. The number of aryl methyl sites for hydroxylation is 1. The van der Waals surface area contributed by atoms with Crippen molar-refractivity contribution < 1.29 is 14.3 Å². The molecule has 1 aliphatic rings. The Kier molecular flexibility index (Phi) is 7.76. The minimum Gasteiger partial charge on any atom is -0.457 e. The number of nitrogens with one attached hydrogen (secondary N) is 4. The quantitative estimate of drug-likeness (QED) is 0.285. The van der Waals surface area contributed by atoms with E-state index in [4.69, 9.17) is 4.74 Å². The number of ether oxygens (including phenoxy) is 1. The Labute approximate surface area is 220 Å². The van der Waals surface area contributed by atoms with E-state index < -0.39 is 0 Å². The summed E-state index contributed by atoms with van der Waals surface area (Å²) in [5.74, 6) is 0.824. The highest BCUT2D eigenvalue weighted by molar-refractivity contribution is 6.01. The zero-order chi connectivity index (χ0) is 26.3. The molecule has 3 amide bonds. The first-order valence-electron chi connectivity index (χ1n) is 12.5. The first-order chi connectivity index (χ1) is 18.5. The number of piperazine rings is 1. The van der Waals surface area contributed by atoms with E-state index >= 15 is 0 Å². The van der Waals surface area contributed by atoms with Crippen LogP contribution >= 0.6 is 0 Å². The summed E-state index contributed by atoms with van der Waals surface area (Å²) in [6, 6.07) is 15.5. The van der Waals surface area contributed by atoms with Crippen molar-refractivity contribution in [3.8, 4) is 11.5 Å². The van der Waals surface area contributed by atoms with E-state index in [1.165, 1.54) is 0 Å². The minimum atomic E-state index is -0.358. The number of hydrogen-bond acceptors (Lipinski definition) is 7. The topological polar surface area (TPSA) is 125 Å². The predicted octanol–water partition coefficient (Wildman–Crippen LogP) is 3.04. The summed E-state index contributed by atoms with van der Waals surface area (Å²) in [5.41, 5.74) is 2.56. The van der Waals surface area contributed by atoms with Crippen molar-refractivity contribution in [3.63, 3.8) is 0 Å². The molecule has 3 heterocycles. The number of anilines is 2. The smallest absolute Gasteiger partial charge is 0.323 e. The van der Waals surface area contributed by atoms with Crippen molar-refractivity contribution in [2.45, 2.75) is 0 Å². The summed E-state index contributed by atoms with van der Waals surface area (Å²) in [6.45, 7) is 5.29. The number of urea groups is 1. The van der Waals surface area contributed by atoms with Crippen LogP contribution in [0.2, 0.25) is 0 Å². The molecule has 5 rings (SSSR count). The number of carbonyl (C=O) groups is 2. The van der Waals surface area contributed by atoms with Crippen molar-refractivity contribution in [2.24, 2.45) is 7.05 Å². The molecule has 38 heavy (non-hydrogen) atoms. The number of carbonyl (C=O) groups excluding carboxylic acids is 2. The minimum absolute atomic E-state index is 0.237. The third-order valence-electron chi connectivity index (χ3n) is 6.24. The van der Waals surface area contributed by atoms with Crippen molar-refractivity contribution >= 4 is 34.2 Å². The molecule has 1 aliphatic heterocycles. The zero-order valence-corrected chi connectivity index (χ0v) is 21.1. The number of hydrogen-bond donors (Lipinski definition) is 4. The van der Waals surface area contributed by atoms with E-state index in [0.29, 0.717) is 35.1 Å². The first-order valence-corrected chi connectivity index (χ1v) is 12.5. The lowest BCUT2D eigenvalue weighted by molar-refractivity contribution is 0.0942. The molecular weight excluding hydrogens is 484 g/mol. The average molecular weight is 515 g/mol. The highest BCUT2D eigenvalue weighted by Crippen LogP contribution is 2.24. The lowest BCUT2D eigenvalue weighted by atomic mass is 10.2. The molecule has 0 atom stereocenters. The Bertz CT molecular complexity index is 1410. The van der Waals surface area contributed by atoms with Crippen LogP contribution in [0.4, 0.5) is 16.2 Å². The van der Waals surface area contributed by atoms with Crippen molar-refractivity contribution in [3.05, 3.63) is 72.7 Å². The Balaban J connectivity index is 1.11. The van der Waals surface area contributed by atoms with Gasteiger partial charge in [0.1, 0.15) is 17.2 Å². The molecule has 0 bridgehead atoms. The second-order valence-electron chi connectivity index (χ2n) is 8.97. The zero-order valence-electron chi connectivity index (χ0n) is 21.1. The molecule has 196 valence electrons. The highest BCUT2D eigenvalue weighted by atomic mass is 16.5. The van der Waals surface area contributed by atoms with Crippen molar-refractivity contribution in [1.29, 1.82) is 0 Å². The van der Waals surface area contributed by atoms with Gasteiger partial charge < -0.3 is 26.0 Å². The van der Waals surface area contributed by atoms with Crippen molar-refractivity contribution in [2.75, 3.05) is 49.9 Å². The van der Waals surface area contributed by atoms with Crippen LogP contribution in [0.5, 0.6) is 11.5 Å². The second kappa shape index (κ2) is 11.7. The molecule has 1 saturated heterocycles. The third kappa shape index (κ3) is 6.44. The monoisotopic (exact) mass is 514 g/mol. The van der Waals surface area contributed by atoms with Gasteiger partial charge in [-0.05, 0) is 48.5 Å². The van der Waals surface area contributed by atoms with E-state index in [-0.39, 0.29) is 11.9 Å². The van der Waals surface area contributed by atoms with Crippen LogP contribution in [0.25, 0.3) is 10.9 Å². The van der Waals surface area contributed by atoms with Gasteiger partial charge in [-0.3, -0.25) is 19.4 Å². The summed E-state index contributed by atoms with van der Waals surface area (Å²) in [7, 11) is 1.87. The summed E-state index contributed by atoms with van der Waals surface area (Å²) >= 11 is 0. The van der Waals surface area contributed by atoms with Gasteiger partial charge >= 0.3 is 6.03 Å². The van der Waals surface area contributed by atoms with Crippen LogP contribution in [0.3, 0.4) is 0 Å². The molecular formula is C27H30N8O3. The lowest BCUT2D eigenvalue weighted by Gasteiger charge is -2.27. The largest absolute Gasteiger partial charge is 0.457 e. The standard InChI is InChI=1S/C27H30N8O3/c1-34-25-7-4-21(16-19(25)18-31-34)33-27(37)32-20-2-5-22(6-3-20)38-23-8-9-29-24(17-23)26(36)30-12-15-35-13-10-28-11-14-35/h2-9,16-18,28H,10-15H2,1H3,(H,30,36)(H2,32,33,37). The van der Waals surface area contributed by atoms with Crippen LogP contribution in [0.1, 0.15) is 10.5 Å². The molecule has 4 N–H and O–H groups in total. The highest BCUT2D eigenvalue weighted by Gasteiger charge is 2.12. The summed E-state index contributed by atoms with van der Waals surface area (Å²) in [5, 5.41) is 17.0. The van der Waals surface area contributed by atoms with Crippen LogP contribution in [-0.4, -0.2) is 70.9 Å². The fourth-order valence-corrected chi connectivity index (χ4v) is 4.23. The molecule has 0 radical (unpaired) electrons. The molecule has 2 aromatic heterocycles. The molecule has 11 nitrogen and oxygen atoms in total. The normalized spacial score (nSPS) is 13.7. The van der Waals surface area contributed by atoms with Gasteiger partial charge in [-0.2, -0.15) is 5.10 Å². The first kappa shape index (κ1) is 25.2. The second-order valence-corrected chi connectivity index (χ2v) is 8.97. The van der Waals surface area contributed by atoms with Gasteiger partial charge in [-0.15, -0.1) is 0 Å². The average Bonchev–Trinajstić information content (AvgIpc) is 3.30. The van der Waals surface area contributed by atoms with E-state index in [0.717, 1.165) is 43.6 Å². The summed E-state index contributed by atoms with van der Waals surface area (Å²) in [6.07, 6.45) is 3.30. The maximum absolute atomic E-state index is 12.5. The Morgan fingerprint density at radius 1 is 0.974 bits per heavy atom. The molecule has 0 unspecified atom stereocenters.